The highest BCUT2D eigenvalue weighted by molar-refractivity contribution is 5.84. The fourth-order valence-corrected chi connectivity index (χ4v) is 4.70. The van der Waals surface area contributed by atoms with Gasteiger partial charge >= 0.3 is 5.97 Å². The number of carbonyl (C=O) groups is 2. The summed E-state index contributed by atoms with van der Waals surface area (Å²) in [6.07, 6.45) is 5.95. The standard InChI is InChI=1S/C14H21NO3/c1-8(12(15)16)18-13(17)14-5-9-2-10(6-14)4-11(3-9)7-14/h8-11H,2-7H2,1H3,(H2,15,16)/t8-,9?,10?,11?,14?/m0/s1. The minimum absolute atomic E-state index is 0.173. The van der Waals surface area contributed by atoms with Crippen molar-refractivity contribution in [2.24, 2.45) is 28.9 Å². The highest BCUT2D eigenvalue weighted by Crippen LogP contribution is 2.60. The van der Waals surface area contributed by atoms with Crippen LogP contribution in [0.15, 0.2) is 0 Å². The number of nitrogens with two attached hydrogens (primary N) is 1. The molecule has 0 saturated heterocycles. The van der Waals surface area contributed by atoms with Crippen molar-refractivity contribution in [2.75, 3.05) is 0 Å². The lowest BCUT2D eigenvalue weighted by Crippen LogP contribution is -2.51. The number of carbonyl (C=O) groups excluding carboxylic acids is 2. The van der Waals surface area contributed by atoms with Crippen LogP contribution in [0.4, 0.5) is 0 Å². The Morgan fingerprint density at radius 3 is 1.94 bits per heavy atom. The van der Waals surface area contributed by atoms with E-state index in [-0.39, 0.29) is 11.4 Å². The Morgan fingerprint density at radius 1 is 1.11 bits per heavy atom. The fraction of sp³-hybridized carbons (Fsp3) is 0.857. The van der Waals surface area contributed by atoms with E-state index in [1.807, 2.05) is 0 Å². The summed E-state index contributed by atoms with van der Waals surface area (Å²) >= 11 is 0. The summed E-state index contributed by atoms with van der Waals surface area (Å²) in [5.74, 6) is 1.37. The van der Waals surface area contributed by atoms with Crippen molar-refractivity contribution in [3.05, 3.63) is 0 Å². The van der Waals surface area contributed by atoms with Gasteiger partial charge in [0.1, 0.15) is 0 Å². The molecule has 4 rings (SSSR count). The molecule has 2 N–H and O–H groups in total. The SMILES string of the molecule is C[C@H](OC(=O)C12CC3CC(CC(C3)C1)C2)C(N)=O. The molecule has 0 heterocycles. The zero-order valence-electron chi connectivity index (χ0n) is 10.9. The maximum absolute atomic E-state index is 12.4. The van der Waals surface area contributed by atoms with E-state index in [1.54, 1.807) is 6.92 Å². The van der Waals surface area contributed by atoms with Crippen LogP contribution < -0.4 is 5.73 Å². The topological polar surface area (TPSA) is 69.4 Å². The highest BCUT2D eigenvalue weighted by atomic mass is 16.5. The van der Waals surface area contributed by atoms with Gasteiger partial charge < -0.3 is 10.5 Å². The summed E-state index contributed by atoms with van der Waals surface area (Å²) in [6, 6.07) is 0. The zero-order chi connectivity index (χ0) is 12.9. The largest absolute Gasteiger partial charge is 0.452 e. The molecule has 18 heavy (non-hydrogen) atoms. The zero-order valence-corrected chi connectivity index (χ0v) is 10.9. The average molecular weight is 251 g/mol. The van der Waals surface area contributed by atoms with Gasteiger partial charge in [-0.15, -0.1) is 0 Å². The lowest BCUT2D eigenvalue weighted by Gasteiger charge is -2.55. The molecule has 1 atom stereocenters. The van der Waals surface area contributed by atoms with Gasteiger partial charge in [-0.1, -0.05) is 0 Å². The Balaban J connectivity index is 1.75. The van der Waals surface area contributed by atoms with Crippen LogP contribution in [-0.4, -0.2) is 18.0 Å². The van der Waals surface area contributed by atoms with E-state index >= 15 is 0 Å². The van der Waals surface area contributed by atoms with Crippen LogP contribution in [0.3, 0.4) is 0 Å². The van der Waals surface area contributed by atoms with Gasteiger partial charge in [-0.05, 0) is 63.2 Å². The fourth-order valence-electron chi connectivity index (χ4n) is 4.70. The van der Waals surface area contributed by atoms with Crippen molar-refractivity contribution in [3.8, 4) is 0 Å². The van der Waals surface area contributed by atoms with E-state index in [1.165, 1.54) is 19.3 Å². The first-order valence-corrected chi connectivity index (χ1v) is 6.99. The van der Waals surface area contributed by atoms with Crippen LogP contribution in [0.5, 0.6) is 0 Å². The summed E-state index contributed by atoms with van der Waals surface area (Å²) in [5.41, 5.74) is 4.87. The van der Waals surface area contributed by atoms with Crippen LogP contribution in [-0.2, 0) is 14.3 Å². The summed E-state index contributed by atoms with van der Waals surface area (Å²) in [6.45, 7) is 1.56. The van der Waals surface area contributed by atoms with Crippen LogP contribution in [0.1, 0.15) is 45.4 Å². The second-order valence-corrected chi connectivity index (χ2v) is 6.65. The van der Waals surface area contributed by atoms with E-state index in [9.17, 15) is 9.59 Å². The number of hydrogen-bond donors (Lipinski definition) is 1. The highest BCUT2D eigenvalue weighted by Gasteiger charge is 2.55. The predicted octanol–water partition coefficient (Wildman–Crippen LogP) is 1.62. The summed E-state index contributed by atoms with van der Waals surface area (Å²) < 4.78 is 5.28. The van der Waals surface area contributed by atoms with Crippen molar-refractivity contribution in [2.45, 2.75) is 51.6 Å². The van der Waals surface area contributed by atoms with Gasteiger partial charge in [0.25, 0.3) is 5.91 Å². The van der Waals surface area contributed by atoms with E-state index < -0.39 is 12.0 Å². The molecule has 4 aliphatic rings. The first-order chi connectivity index (χ1) is 8.48. The third-order valence-corrected chi connectivity index (χ3v) is 5.16. The molecular formula is C14H21NO3. The molecule has 4 bridgehead atoms. The molecule has 100 valence electrons. The molecule has 0 radical (unpaired) electrons. The molecule has 0 aromatic carbocycles. The maximum Gasteiger partial charge on any atom is 0.312 e. The normalized spacial score (nSPS) is 42.6. The van der Waals surface area contributed by atoms with Crippen LogP contribution in [0.25, 0.3) is 0 Å². The molecule has 4 nitrogen and oxygen atoms in total. The second kappa shape index (κ2) is 3.97. The Labute approximate surface area is 107 Å². The van der Waals surface area contributed by atoms with E-state index in [2.05, 4.69) is 0 Å². The number of amides is 1. The Morgan fingerprint density at radius 2 is 1.56 bits per heavy atom. The first-order valence-electron chi connectivity index (χ1n) is 6.99. The molecule has 4 saturated carbocycles. The Bertz CT molecular complexity index is 355. The quantitative estimate of drug-likeness (QED) is 0.775. The predicted molar refractivity (Wildman–Crippen MR) is 65.4 cm³/mol. The van der Waals surface area contributed by atoms with E-state index in [0.717, 1.165) is 19.3 Å². The molecule has 0 spiro atoms. The third kappa shape index (κ3) is 1.82. The van der Waals surface area contributed by atoms with Crippen molar-refractivity contribution in [1.82, 2.24) is 0 Å². The van der Waals surface area contributed by atoms with Gasteiger partial charge in [0, 0.05) is 0 Å². The number of hydrogen-bond acceptors (Lipinski definition) is 3. The molecule has 4 aliphatic carbocycles. The van der Waals surface area contributed by atoms with E-state index in [0.29, 0.717) is 17.8 Å². The number of primary amides is 1. The number of ether oxygens (including phenoxy) is 1. The molecule has 0 aromatic rings. The number of esters is 1. The van der Waals surface area contributed by atoms with Gasteiger partial charge in [0.15, 0.2) is 6.10 Å². The molecule has 0 unspecified atom stereocenters. The van der Waals surface area contributed by atoms with Crippen molar-refractivity contribution >= 4 is 11.9 Å². The van der Waals surface area contributed by atoms with Crippen LogP contribution in [0, 0.1) is 23.2 Å². The molecule has 4 heteroatoms. The van der Waals surface area contributed by atoms with Crippen molar-refractivity contribution in [1.29, 1.82) is 0 Å². The monoisotopic (exact) mass is 251 g/mol. The van der Waals surface area contributed by atoms with Crippen molar-refractivity contribution in [3.63, 3.8) is 0 Å². The van der Waals surface area contributed by atoms with Gasteiger partial charge in [-0.25, -0.2) is 0 Å². The van der Waals surface area contributed by atoms with Gasteiger partial charge in [0.2, 0.25) is 0 Å². The maximum atomic E-state index is 12.4. The van der Waals surface area contributed by atoms with Crippen LogP contribution >= 0.6 is 0 Å². The molecule has 0 aliphatic heterocycles. The summed E-state index contributed by atoms with van der Waals surface area (Å²) in [4.78, 5) is 23.4. The second-order valence-electron chi connectivity index (χ2n) is 6.65. The van der Waals surface area contributed by atoms with Gasteiger partial charge in [-0.3, -0.25) is 9.59 Å². The molecule has 4 fully saturated rings. The lowest BCUT2D eigenvalue weighted by molar-refractivity contribution is -0.178. The van der Waals surface area contributed by atoms with Crippen LogP contribution in [0.2, 0.25) is 0 Å². The third-order valence-electron chi connectivity index (χ3n) is 5.16. The molecule has 1 amide bonds. The van der Waals surface area contributed by atoms with E-state index in [4.69, 9.17) is 10.5 Å². The van der Waals surface area contributed by atoms with Crippen molar-refractivity contribution < 1.29 is 14.3 Å². The van der Waals surface area contributed by atoms with Gasteiger partial charge in [-0.2, -0.15) is 0 Å². The van der Waals surface area contributed by atoms with Gasteiger partial charge in [0.05, 0.1) is 5.41 Å². The molecule has 0 aromatic heterocycles. The Hall–Kier alpha value is -1.06. The lowest BCUT2D eigenvalue weighted by atomic mass is 9.49. The summed E-state index contributed by atoms with van der Waals surface area (Å²) in [5, 5.41) is 0. The number of rotatable bonds is 3. The summed E-state index contributed by atoms with van der Waals surface area (Å²) in [7, 11) is 0. The average Bonchev–Trinajstić information content (AvgIpc) is 2.26. The smallest absolute Gasteiger partial charge is 0.312 e. The Kier molecular flexibility index (Phi) is 2.65. The molecular weight excluding hydrogens is 230 g/mol. The minimum Gasteiger partial charge on any atom is -0.452 e. The first kappa shape index (κ1) is 12.0. The minimum atomic E-state index is -0.800.